The number of piperidine rings is 1. The fraction of sp³-hybridized carbons (Fsp3) is 0.533. The van der Waals surface area contributed by atoms with Crippen LogP contribution in [0, 0.1) is 5.41 Å². The van der Waals surface area contributed by atoms with Gasteiger partial charge in [0, 0.05) is 16.6 Å². The standard InChI is InChI=1S/C15H19Cl2NO2/c1-2-15(14(19)20)5-7-18(8-6-15)10-11-9-12(16)3-4-13(11)17/h3-4,9H,2,5-8,10H2,1H3,(H,19,20). The van der Waals surface area contributed by atoms with Crippen molar-refractivity contribution in [3.8, 4) is 0 Å². The summed E-state index contributed by atoms with van der Waals surface area (Å²) in [6.07, 6.45) is 2.07. The summed E-state index contributed by atoms with van der Waals surface area (Å²) in [6, 6.07) is 5.45. The van der Waals surface area contributed by atoms with Gasteiger partial charge in [-0.1, -0.05) is 30.1 Å². The smallest absolute Gasteiger partial charge is 0.309 e. The maximum absolute atomic E-state index is 11.4. The molecule has 1 saturated heterocycles. The molecule has 0 bridgehead atoms. The first-order valence-electron chi connectivity index (χ1n) is 6.86. The van der Waals surface area contributed by atoms with E-state index in [4.69, 9.17) is 23.2 Å². The minimum atomic E-state index is -0.666. The van der Waals surface area contributed by atoms with Crippen LogP contribution in [0.2, 0.25) is 10.0 Å². The molecule has 5 heteroatoms. The Morgan fingerprint density at radius 1 is 1.35 bits per heavy atom. The molecule has 1 fully saturated rings. The molecule has 1 heterocycles. The van der Waals surface area contributed by atoms with Crippen LogP contribution in [-0.2, 0) is 11.3 Å². The number of hydrogen-bond acceptors (Lipinski definition) is 2. The average Bonchev–Trinajstić information content (AvgIpc) is 2.43. The molecule has 1 N–H and O–H groups in total. The third kappa shape index (κ3) is 3.27. The molecule has 3 nitrogen and oxygen atoms in total. The van der Waals surface area contributed by atoms with Gasteiger partial charge in [-0.15, -0.1) is 0 Å². The fourth-order valence-electron chi connectivity index (χ4n) is 2.76. The lowest BCUT2D eigenvalue weighted by molar-refractivity contribution is -0.152. The number of carboxylic acids is 1. The van der Waals surface area contributed by atoms with Crippen LogP contribution in [0.25, 0.3) is 0 Å². The van der Waals surface area contributed by atoms with E-state index >= 15 is 0 Å². The maximum atomic E-state index is 11.4. The molecule has 0 aromatic heterocycles. The van der Waals surface area contributed by atoms with Crippen LogP contribution in [0.5, 0.6) is 0 Å². The van der Waals surface area contributed by atoms with E-state index < -0.39 is 11.4 Å². The van der Waals surface area contributed by atoms with E-state index in [2.05, 4.69) is 4.90 Å². The number of carboxylic acid groups (broad SMARTS) is 1. The zero-order valence-corrected chi connectivity index (χ0v) is 13.0. The van der Waals surface area contributed by atoms with Crippen molar-refractivity contribution >= 4 is 29.2 Å². The normalized spacial score (nSPS) is 18.9. The van der Waals surface area contributed by atoms with E-state index in [0.717, 1.165) is 25.2 Å². The lowest BCUT2D eigenvalue weighted by atomic mass is 9.76. The van der Waals surface area contributed by atoms with Crippen molar-refractivity contribution in [2.24, 2.45) is 5.41 Å². The molecule has 1 aliphatic rings. The molecule has 0 unspecified atom stereocenters. The second kappa shape index (κ2) is 6.33. The van der Waals surface area contributed by atoms with Crippen molar-refractivity contribution in [3.63, 3.8) is 0 Å². The van der Waals surface area contributed by atoms with E-state index in [1.807, 2.05) is 13.0 Å². The maximum Gasteiger partial charge on any atom is 0.309 e. The van der Waals surface area contributed by atoms with Crippen molar-refractivity contribution in [1.82, 2.24) is 4.90 Å². The number of aliphatic carboxylic acids is 1. The molecular weight excluding hydrogens is 297 g/mol. The van der Waals surface area contributed by atoms with Gasteiger partial charge >= 0.3 is 5.97 Å². The number of carbonyl (C=O) groups is 1. The van der Waals surface area contributed by atoms with Gasteiger partial charge in [-0.05, 0) is 56.1 Å². The summed E-state index contributed by atoms with van der Waals surface area (Å²) in [5.41, 5.74) is 0.452. The Bertz CT molecular complexity index is 497. The molecule has 0 aliphatic carbocycles. The first-order valence-corrected chi connectivity index (χ1v) is 7.62. The van der Waals surface area contributed by atoms with E-state index in [9.17, 15) is 9.90 Å². The van der Waals surface area contributed by atoms with Crippen molar-refractivity contribution in [3.05, 3.63) is 33.8 Å². The largest absolute Gasteiger partial charge is 0.481 e. The van der Waals surface area contributed by atoms with Gasteiger partial charge in [-0.3, -0.25) is 9.69 Å². The van der Waals surface area contributed by atoms with Crippen molar-refractivity contribution in [2.75, 3.05) is 13.1 Å². The van der Waals surface area contributed by atoms with E-state index in [1.165, 1.54) is 0 Å². The number of benzene rings is 1. The zero-order valence-electron chi connectivity index (χ0n) is 11.5. The van der Waals surface area contributed by atoms with Crippen LogP contribution in [0.4, 0.5) is 0 Å². The second-order valence-electron chi connectivity index (χ2n) is 5.45. The summed E-state index contributed by atoms with van der Waals surface area (Å²) in [4.78, 5) is 13.7. The van der Waals surface area contributed by atoms with Gasteiger partial charge in [0.1, 0.15) is 0 Å². The minimum absolute atomic E-state index is 0.547. The Hall–Kier alpha value is -0.770. The molecule has 1 aromatic rings. The van der Waals surface area contributed by atoms with Crippen molar-refractivity contribution in [1.29, 1.82) is 0 Å². The molecular formula is C15H19Cl2NO2. The van der Waals surface area contributed by atoms with Crippen LogP contribution in [0.1, 0.15) is 31.7 Å². The van der Waals surface area contributed by atoms with Gasteiger partial charge < -0.3 is 5.11 Å². The molecule has 20 heavy (non-hydrogen) atoms. The number of hydrogen-bond donors (Lipinski definition) is 1. The molecule has 0 amide bonds. The topological polar surface area (TPSA) is 40.5 Å². The quantitative estimate of drug-likeness (QED) is 0.910. The fourth-order valence-corrected chi connectivity index (χ4v) is 3.14. The molecule has 0 atom stereocenters. The predicted molar refractivity (Wildman–Crippen MR) is 81.3 cm³/mol. The van der Waals surface area contributed by atoms with Crippen LogP contribution in [0.3, 0.4) is 0 Å². The SMILES string of the molecule is CCC1(C(=O)O)CCN(Cc2cc(Cl)ccc2Cl)CC1. The number of nitrogens with zero attached hydrogens (tertiary/aromatic N) is 1. The van der Waals surface area contributed by atoms with Crippen molar-refractivity contribution in [2.45, 2.75) is 32.7 Å². The lowest BCUT2D eigenvalue weighted by Gasteiger charge is -2.38. The third-order valence-corrected chi connectivity index (χ3v) is 4.95. The number of rotatable bonds is 4. The number of likely N-dealkylation sites (tertiary alicyclic amines) is 1. The van der Waals surface area contributed by atoms with E-state index in [1.54, 1.807) is 12.1 Å². The van der Waals surface area contributed by atoms with E-state index in [0.29, 0.717) is 29.3 Å². The molecule has 0 spiro atoms. The highest BCUT2D eigenvalue weighted by Gasteiger charge is 2.39. The van der Waals surface area contributed by atoms with Gasteiger partial charge in [-0.25, -0.2) is 0 Å². The van der Waals surface area contributed by atoms with Crippen molar-refractivity contribution < 1.29 is 9.90 Å². The van der Waals surface area contributed by atoms with Gasteiger partial charge in [0.05, 0.1) is 5.41 Å². The highest BCUT2D eigenvalue weighted by atomic mass is 35.5. The van der Waals surface area contributed by atoms with Crippen LogP contribution in [0.15, 0.2) is 18.2 Å². The Kier molecular flexibility index (Phi) is 4.95. The molecule has 0 saturated carbocycles. The first kappa shape index (κ1) is 15.6. The summed E-state index contributed by atoms with van der Waals surface area (Å²) in [7, 11) is 0. The van der Waals surface area contributed by atoms with Gasteiger partial charge in [-0.2, -0.15) is 0 Å². The summed E-state index contributed by atoms with van der Waals surface area (Å²) in [5, 5.41) is 10.8. The van der Waals surface area contributed by atoms with Gasteiger partial charge in [0.2, 0.25) is 0 Å². The van der Waals surface area contributed by atoms with Crippen LogP contribution >= 0.6 is 23.2 Å². The predicted octanol–water partition coefficient (Wildman–Crippen LogP) is 4.07. The minimum Gasteiger partial charge on any atom is -0.481 e. The highest BCUT2D eigenvalue weighted by molar-refractivity contribution is 6.33. The number of halogens is 2. The third-order valence-electron chi connectivity index (χ3n) is 4.35. The molecule has 2 rings (SSSR count). The first-order chi connectivity index (χ1) is 9.47. The Morgan fingerprint density at radius 3 is 2.55 bits per heavy atom. The van der Waals surface area contributed by atoms with E-state index in [-0.39, 0.29) is 0 Å². The molecule has 0 radical (unpaired) electrons. The Morgan fingerprint density at radius 2 is 2.00 bits per heavy atom. The molecule has 1 aromatic carbocycles. The zero-order chi connectivity index (χ0) is 14.8. The summed E-state index contributed by atoms with van der Waals surface area (Å²) >= 11 is 12.2. The summed E-state index contributed by atoms with van der Waals surface area (Å²) in [6.45, 7) is 4.24. The van der Waals surface area contributed by atoms with Crippen LogP contribution in [-0.4, -0.2) is 29.1 Å². The second-order valence-corrected chi connectivity index (χ2v) is 6.29. The monoisotopic (exact) mass is 315 g/mol. The Labute approximate surface area is 129 Å². The van der Waals surface area contributed by atoms with Crippen LogP contribution < -0.4 is 0 Å². The average molecular weight is 316 g/mol. The summed E-state index contributed by atoms with van der Waals surface area (Å²) < 4.78 is 0. The van der Waals surface area contributed by atoms with Gasteiger partial charge in [0.15, 0.2) is 0 Å². The lowest BCUT2D eigenvalue weighted by Crippen LogP contribution is -2.43. The molecule has 1 aliphatic heterocycles. The van der Waals surface area contributed by atoms with Gasteiger partial charge in [0.25, 0.3) is 0 Å². The molecule has 110 valence electrons. The Balaban J connectivity index is 2.01. The summed E-state index contributed by atoms with van der Waals surface area (Å²) in [5.74, 6) is -0.666. The highest BCUT2D eigenvalue weighted by Crippen LogP contribution is 2.36.